The van der Waals surface area contributed by atoms with E-state index in [4.69, 9.17) is 4.74 Å². The molecule has 1 N–H and O–H groups in total. The van der Waals surface area contributed by atoms with Crippen molar-refractivity contribution in [2.45, 2.75) is 13.1 Å². The van der Waals surface area contributed by atoms with Crippen LogP contribution < -0.4 is 10.1 Å². The molecule has 0 radical (unpaired) electrons. The molecule has 1 aromatic carbocycles. The zero-order valence-electron chi connectivity index (χ0n) is 14.4. The van der Waals surface area contributed by atoms with E-state index in [2.05, 4.69) is 15.3 Å². The Balaban J connectivity index is 1.56. The van der Waals surface area contributed by atoms with Gasteiger partial charge in [-0.15, -0.1) is 0 Å². The summed E-state index contributed by atoms with van der Waals surface area (Å²) in [4.78, 5) is 20.2. The Morgan fingerprint density at radius 3 is 2.70 bits per heavy atom. The van der Waals surface area contributed by atoms with Crippen molar-refractivity contribution in [1.29, 1.82) is 0 Å². The molecule has 0 saturated heterocycles. The molecule has 2 aromatic heterocycles. The number of hydrogen-bond acceptors (Lipinski definition) is 4. The van der Waals surface area contributed by atoms with Crippen LogP contribution in [0.5, 0.6) is 5.88 Å². The van der Waals surface area contributed by atoms with Gasteiger partial charge in [-0.1, -0.05) is 0 Å². The molecular formula is C19H16F3N3O2. The molecule has 1 amide bonds. The minimum Gasteiger partial charge on any atom is -0.476 e. The molecule has 3 aromatic rings. The quantitative estimate of drug-likeness (QED) is 0.690. The predicted octanol–water partition coefficient (Wildman–Crippen LogP) is 3.77. The van der Waals surface area contributed by atoms with Crippen molar-refractivity contribution < 1.29 is 22.7 Å². The van der Waals surface area contributed by atoms with E-state index in [-0.39, 0.29) is 24.9 Å². The fourth-order valence-electron chi connectivity index (χ4n) is 2.47. The highest BCUT2D eigenvalue weighted by Gasteiger charge is 2.30. The van der Waals surface area contributed by atoms with Crippen molar-refractivity contribution in [3.63, 3.8) is 0 Å². The number of rotatable bonds is 5. The first kappa shape index (κ1) is 18.6. The van der Waals surface area contributed by atoms with Crippen molar-refractivity contribution in [2.75, 3.05) is 13.2 Å². The number of halogens is 3. The number of pyridine rings is 2. The Bertz CT molecular complexity index is 974. The van der Waals surface area contributed by atoms with E-state index in [1.807, 2.05) is 0 Å². The molecule has 3 rings (SSSR count). The Morgan fingerprint density at radius 1 is 1.15 bits per heavy atom. The van der Waals surface area contributed by atoms with E-state index in [0.29, 0.717) is 16.5 Å². The summed E-state index contributed by atoms with van der Waals surface area (Å²) in [5.74, 6) is 0.0338. The van der Waals surface area contributed by atoms with Gasteiger partial charge in [-0.25, -0.2) is 4.98 Å². The molecule has 0 bridgehead atoms. The predicted molar refractivity (Wildman–Crippen MR) is 93.5 cm³/mol. The number of ether oxygens (including phenoxy) is 1. The van der Waals surface area contributed by atoms with Crippen LogP contribution in [0.25, 0.3) is 10.9 Å². The van der Waals surface area contributed by atoms with Crippen LogP contribution in [0.15, 0.2) is 48.7 Å². The van der Waals surface area contributed by atoms with Crippen LogP contribution in [-0.4, -0.2) is 29.0 Å². The Kier molecular flexibility index (Phi) is 5.25. The zero-order valence-corrected chi connectivity index (χ0v) is 14.4. The molecule has 8 heteroatoms. The summed E-state index contributed by atoms with van der Waals surface area (Å²) >= 11 is 0. The number of aryl methyl sites for hydroxylation is 1. The number of nitrogens with one attached hydrogen (secondary N) is 1. The molecule has 0 aliphatic carbocycles. The second-order valence-corrected chi connectivity index (χ2v) is 5.84. The monoisotopic (exact) mass is 375 g/mol. The summed E-state index contributed by atoms with van der Waals surface area (Å²) in [5.41, 5.74) is 0.927. The maximum absolute atomic E-state index is 12.7. The van der Waals surface area contributed by atoms with Gasteiger partial charge in [0.25, 0.3) is 5.91 Å². The van der Waals surface area contributed by atoms with E-state index in [0.717, 1.165) is 17.8 Å². The number of carbonyl (C=O) groups excluding carboxylic acids is 1. The average molecular weight is 375 g/mol. The first-order valence-electron chi connectivity index (χ1n) is 8.14. The summed E-state index contributed by atoms with van der Waals surface area (Å²) in [6, 6.07) is 9.64. The standard InChI is InChI=1S/C19H16F3N3O2/c1-12-10-14(6-7-23-12)18(26)24-8-9-27-17-5-2-13-11-15(19(20,21)22)3-4-16(13)25-17/h2-7,10-11H,8-9H2,1H3,(H,24,26). The lowest BCUT2D eigenvalue weighted by Crippen LogP contribution is -2.28. The van der Waals surface area contributed by atoms with E-state index >= 15 is 0 Å². The highest BCUT2D eigenvalue weighted by Crippen LogP contribution is 2.31. The maximum Gasteiger partial charge on any atom is 0.416 e. The molecule has 5 nitrogen and oxygen atoms in total. The number of carbonyl (C=O) groups is 1. The minimum atomic E-state index is -4.39. The second kappa shape index (κ2) is 7.61. The molecule has 2 heterocycles. The number of amides is 1. The maximum atomic E-state index is 12.7. The fraction of sp³-hybridized carbons (Fsp3) is 0.211. The van der Waals surface area contributed by atoms with E-state index in [1.165, 1.54) is 18.2 Å². The Hall–Kier alpha value is -3.16. The number of hydrogen-bond donors (Lipinski definition) is 1. The lowest BCUT2D eigenvalue weighted by molar-refractivity contribution is -0.137. The van der Waals surface area contributed by atoms with Crippen LogP contribution in [0.1, 0.15) is 21.6 Å². The van der Waals surface area contributed by atoms with Gasteiger partial charge < -0.3 is 10.1 Å². The van der Waals surface area contributed by atoms with Crippen LogP contribution in [-0.2, 0) is 6.18 Å². The normalized spacial score (nSPS) is 11.4. The van der Waals surface area contributed by atoms with Gasteiger partial charge in [0.05, 0.1) is 17.6 Å². The molecule has 0 aliphatic rings. The number of aromatic nitrogens is 2. The zero-order chi connectivity index (χ0) is 19.4. The third kappa shape index (κ3) is 4.72. The third-order valence-electron chi connectivity index (χ3n) is 3.79. The highest BCUT2D eigenvalue weighted by molar-refractivity contribution is 5.94. The first-order chi connectivity index (χ1) is 12.8. The average Bonchev–Trinajstić information content (AvgIpc) is 2.63. The summed E-state index contributed by atoms with van der Waals surface area (Å²) in [7, 11) is 0. The molecule has 0 saturated carbocycles. The lowest BCUT2D eigenvalue weighted by atomic mass is 10.1. The van der Waals surface area contributed by atoms with E-state index < -0.39 is 11.7 Å². The van der Waals surface area contributed by atoms with Crippen molar-refractivity contribution in [3.8, 4) is 5.88 Å². The second-order valence-electron chi connectivity index (χ2n) is 5.84. The molecule has 140 valence electrons. The SMILES string of the molecule is Cc1cc(C(=O)NCCOc2ccc3cc(C(F)(F)F)ccc3n2)ccn1. The van der Waals surface area contributed by atoms with Crippen LogP contribution >= 0.6 is 0 Å². The number of benzene rings is 1. The first-order valence-corrected chi connectivity index (χ1v) is 8.14. The molecule has 0 spiro atoms. The largest absolute Gasteiger partial charge is 0.476 e. The lowest BCUT2D eigenvalue weighted by Gasteiger charge is -2.10. The molecule has 0 unspecified atom stereocenters. The van der Waals surface area contributed by atoms with Crippen molar-refractivity contribution in [2.24, 2.45) is 0 Å². The third-order valence-corrected chi connectivity index (χ3v) is 3.79. The highest BCUT2D eigenvalue weighted by atomic mass is 19.4. The molecule has 0 aliphatic heterocycles. The fourth-order valence-corrected chi connectivity index (χ4v) is 2.47. The summed E-state index contributed by atoms with van der Waals surface area (Å²) in [6.07, 6.45) is -2.83. The van der Waals surface area contributed by atoms with Gasteiger partial charge in [-0.05, 0) is 43.3 Å². The molecule has 0 fully saturated rings. The van der Waals surface area contributed by atoms with Crippen LogP contribution in [0.4, 0.5) is 13.2 Å². The topological polar surface area (TPSA) is 64.1 Å². The van der Waals surface area contributed by atoms with E-state index in [1.54, 1.807) is 25.3 Å². The van der Waals surface area contributed by atoms with E-state index in [9.17, 15) is 18.0 Å². The Labute approximate surface area is 153 Å². The molecule has 0 atom stereocenters. The Morgan fingerprint density at radius 2 is 1.96 bits per heavy atom. The summed E-state index contributed by atoms with van der Waals surface area (Å²) in [6.45, 7) is 2.23. The van der Waals surface area contributed by atoms with Crippen molar-refractivity contribution in [1.82, 2.24) is 15.3 Å². The van der Waals surface area contributed by atoms with Crippen LogP contribution in [0.3, 0.4) is 0 Å². The van der Waals surface area contributed by atoms with Crippen LogP contribution in [0.2, 0.25) is 0 Å². The van der Waals surface area contributed by atoms with Crippen LogP contribution in [0, 0.1) is 6.92 Å². The number of alkyl halides is 3. The summed E-state index contributed by atoms with van der Waals surface area (Å²) < 4.78 is 43.6. The number of nitrogens with zero attached hydrogens (tertiary/aromatic N) is 2. The molecular weight excluding hydrogens is 359 g/mol. The smallest absolute Gasteiger partial charge is 0.416 e. The van der Waals surface area contributed by atoms with Gasteiger partial charge >= 0.3 is 6.18 Å². The van der Waals surface area contributed by atoms with Gasteiger partial charge in [0.1, 0.15) is 6.61 Å². The van der Waals surface area contributed by atoms with Gasteiger partial charge in [0.15, 0.2) is 0 Å². The molecule has 27 heavy (non-hydrogen) atoms. The van der Waals surface area contributed by atoms with Gasteiger partial charge in [-0.3, -0.25) is 9.78 Å². The van der Waals surface area contributed by atoms with Gasteiger partial charge in [0, 0.05) is 28.9 Å². The van der Waals surface area contributed by atoms with Crippen molar-refractivity contribution in [3.05, 3.63) is 65.5 Å². The minimum absolute atomic E-state index is 0.176. The van der Waals surface area contributed by atoms with Crippen molar-refractivity contribution >= 4 is 16.8 Å². The van der Waals surface area contributed by atoms with Gasteiger partial charge in [-0.2, -0.15) is 13.2 Å². The number of fused-ring (bicyclic) bond motifs is 1. The summed E-state index contributed by atoms with van der Waals surface area (Å²) in [5, 5.41) is 3.09. The van der Waals surface area contributed by atoms with Gasteiger partial charge in [0.2, 0.25) is 5.88 Å².